The molecule has 0 bridgehead atoms. The molecule has 0 aromatic heterocycles. The van der Waals surface area contributed by atoms with E-state index in [0.717, 1.165) is 19.3 Å². The number of unbranched alkanes of at least 4 members (excludes halogenated alkanes) is 2. The summed E-state index contributed by atoms with van der Waals surface area (Å²) in [5.41, 5.74) is 6.04. The van der Waals surface area contributed by atoms with E-state index in [1.807, 2.05) is 0 Å². The Bertz CT molecular complexity index is 473. The number of carbonyl (C=O) groups excluding carboxylic acids is 2. The van der Waals surface area contributed by atoms with Gasteiger partial charge in [0.1, 0.15) is 11.3 Å². The van der Waals surface area contributed by atoms with E-state index in [1.165, 1.54) is 25.3 Å². The molecule has 0 saturated carbocycles. The molecule has 0 saturated heterocycles. The monoisotopic (exact) mass is 281 g/mol. The first-order valence-corrected chi connectivity index (χ1v) is 6.41. The van der Waals surface area contributed by atoms with Crippen LogP contribution in [-0.2, 0) is 9.47 Å². The Kier molecular flexibility index (Phi) is 6.36. The minimum absolute atomic E-state index is 0.0616. The first-order valence-electron chi connectivity index (χ1n) is 6.41. The van der Waals surface area contributed by atoms with Crippen molar-refractivity contribution >= 4 is 17.8 Å². The third-order valence-electron chi connectivity index (χ3n) is 2.57. The van der Waals surface area contributed by atoms with Gasteiger partial charge < -0.3 is 19.9 Å². The fourth-order valence-corrected chi connectivity index (χ4v) is 1.53. The number of methoxy groups -OCH3 is 1. The molecule has 0 spiro atoms. The zero-order valence-electron chi connectivity index (χ0n) is 11.7. The summed E-state index contributed by atoms with van der Waals surface area (Å²) in [6.07, 6.45) is 1.93. The standard InChI is InChI=1S/C14H19NO5/c1-3-4-5-8-19-14(17)20-12-7-6-10(15)9-11(12)13(16)18-2/h6-7,9H,3-5,8,15H2,1-2H3. The first-order chi connectivity index (χ1) is 9.58. The predicted octanol–water partition coefficient (Wildman–Crippen LogP) is 2.76. The second-order valence-corrected chi connectivity index (χ2v) is 4.15. The molecule has 1 aromatic carbocycles. The summed E-state index contributed by atoms with van der Waals surface area (Å²) in [6.45, 7) is 2.34. The number of esters is 1. The van der Waals surface area contributed by atoms with Crippen molar-refractivity contribution in [1.29, 1.82) is 0 Å². The summed E-state index contributed by atoms with van der Waals surface area (Å²) in [5.74, 6) is -0.572. The van der Waals surface area contributed by atoms with Crippen molar-refractivity contribution in [1.82, 2.24) is 0 Å². The average Bonchev–Trinajstić information content (AvgIpc) is 2.44. The molecule has 110 valence electrons. The zero-order chi connectivity index (χ0) is 15.0. The van der Waals surface area contributed by atoms with Crippen LogP contribution >= 0.6 is 0 Å². The number of hydrogen-bond acceptors (Lipinski definition) is 6. The van der Waals surface area contributed by atoms with E-state index < -0.39 is 12.1 Å². The SMILES string of the molecule is CCCCCOC(=O)Oc1ccc(N)cc1C(=O)OC. The highest BCUT2D eigenvalue weighted by molar-refractivity contribution is 5.94. The molecule has 0 heterocycles. The van der Waals surface area contributed by atoms with Crippen LogP contribution < -0.4 is 10.5 Å². The van der Waals surface area contributed by atoms with Crippen LogP contribution in [0.2, 0.25) is 0 Å². The minimum atomic E-state index is -0.851. The van der Waals surface area contributed by atoms with E-state index in [0.29, 0.717) is 5.69 Å². The summed E-state index contributed by atoms with van der Waals surface area (Å²) in [4.78, 5) is 23.1. The van der Waals surface area contributed by atoms with Gasteiger partial charge in [-0.25, -0.2) is 9.59 Å². The van der Waals surface area contributed by atoms with Crippen molar-refractivity contribution in [2.45, 2.75) is 26.2 Å². The Morgan fingerprint density at radius 2 is 2.00 bits per heavy atom. The number of rotatable bonds is 6. The lowest BCUT2D eigenvalue weighted by atomic mass is 10.2. The van der Waals surface area contributed by atoms with Gasteiger partial charge in [-0.2, -0.15) is 0 Å². The van der Waals surface area contributed by atoms with E-state index in [9.17, 15) is 9.59 Å². The largest absolute Gasteiger partial charge is 0.513 e. The lowest BCUT2D eigenvalue weighted by molar-refractivity contribution is 0.0594. The highest BCUT2D eigenvalue weighted by atomic mass is 16.7. The smallest absolute Gasteiger partial charge is 0.465 e. The summed E-state index contributed by atoms with van der Waals surface area (Å²) in [7, 11) is 1.23. The van der Waals surface area contributed by atoms with Crippen LogP contribution in [0.25, 0.3) is 0 Å². The highest BCUT2D eigenvalue weighted by Crippen LogP contribution is 2.22. The molecule has 6 heteroatoms. The Hall–Kier alpha value is -2.24. The van der Waals surface area contributed by atoms with E-state index in [2.05, 4.69) is 11.7 Å². The van der Waals surface area contributed by atoms with Gasteiger partial charge in [-0.3, -0.25) is 0 Å². The van der Waals surface area contributed by atoms with Crippen molar-refractivity contribution in [3.05, 3.63) is 23.8 Å². The Morgan fingerprint density at radius 3 is 2.65 bits per heavy atom. The highest BCUT2D eigenvalue weighted by Gasteiger charge is 2.17. The molecule has 0 unspecified atom stereocenters. The number of carbonyl (C=O) groups is 2. The van der Waals surface area contributed by atoms with Crippen LogP contribution in [0.1, 0.15) is 36.5 Å². The molecule has 0 amide bonds. The molecule has 0 aliphatic rings. The van der Waals surface area contributed by atoms with Gasteiger partial charge in [-0.15, -0.1) is 0 Å². The molecule has 0 fully saturated rings. The van der Waals surface area contributed by atoms with Crippen LogP contribution in [0.5, 0.6) is 5.75 Å². The van der Waals surface area contributed by atoms with Crippen LogP contribution in [0.4, 0.5) is 10.5 Å². The number of anilines is 1. The zero-order valence-corrected chi connectivity index (χ0v) is 11.7. The number of benzene rings is 1. The van der Waals surface area contributed by atoms with Crippen LogP contribution in [0.15, 0.2) is 18.2 Å². The number of nitrogen functional groups attached to an aromatic ring is 1. The summed E-state index contributed by atoms with van der Waals surface area (Å²) in [6, 6.07) is 4.33. The topological polar surface area (TPSA) is 87.9 Å². The van der Waals surface area contributed by atoms with Crippen LogP contribution in [0.3, 0.4) is 0 Å². The van der Waals surface area contributed by atoms with Gasteiger partial charge in [0.2, 0.25) is 0 Å². The van der Waals surface area contributed by atoms with Crippen LogP contribution in [0, 0.1) is 0 Å². The maximum absolute atomic E-state index is 11.6. The van der Waals surface area contributed by atoms with Gasteiger partial charge >= 0.3 is 12.1 Å². The van der Waals surface area contributed by atoms with E-state index in [-0.39, 0.29) is 17.9 Å². The lowest BCUT2D eigenvalue weighted by Gasteiger charge is -2.09. The average molecular weight is 281 g/mol. The van der Waals surface area contributed by atoms with Crippen molar-refractivity contribution in [3.63, 3.8) is 0 Å². The minimum Gasteiger partial charge on any atom is -0.465 e. The van der Waals surface area contributed by atoms with Gasteiger partial charge in [0, 0.05) is 5.69 Å². The number of hydrogen-bond donors (Lipinski definition) is 1. The Morgan fingerprint density at radius 1 is 1.25 bits per heavy atom. The molecule has 6 nitrogen and oxygen atoms in total. The van der Waals surface area contributed by atoms with Crippen LogP contribution in [-0.4, -0.2) is 25.8 Å². The van der Waals surface area contributed by atoms with Crippen molar-refractivity contribution < 1.29 is 23.8 Å². The molecule has 0 aliphatic heterocycles. The van der Waals surface area contributed by atoms with Gasteiger partial charge in [-0.1, -0.05) is 19.8 Å². The second-order valence-electron chi connectivity index (χ2n) is 4.15. The normalized spacial score (nSPS) is 9.90. The van der Waals surface area contributed by atoms with Gasteiger partial charge in [-0.05, 0) is 24.6 Å². The van der Waals surface area contributed by atoms with Gasteiger partial charge in [0.05, 0.1) is 13.7 Å². The second kappa shape index (κ2) is 8.04. The quantitative estimate of drug-likeness (QED) is 0.373. The van der Waals surface area contributed by atoms with Gasteiger partial charge in [0.15, 0.2) is 0 Å². The third kappa shape index (κ3) is 4.79. The molecule has 0 atom stereocenters. The third-order valence-corrected chi connectivity index (χ3v) is 2.57. The summed E-state index contributed by atoms with van der Waals surface area (Å²) < 4.78 is 14.5. The fourth-order valence-electron chi connectivity index (χ4n) is 1.53. The van der Waals surface area contributed by atoms with Gasteiger partial charge in [0.25, 0.3) is 0 Å². The maximum atomic E-state index is 11.6. The molecule has 20 heavy (non-hydrogen) atoms. The number of nitrogens with two attached hydrogens (primary N) is 1. The first kappa shape index (κ1) is 15.8. The predicted molar refractivity (Wildman–Crippen MR) is 73.7 cm³/mol. The molecular formula is C14H19NO5. The van der Waals surface area contributed by atoms with Crippen molar-refractivity contribution in [2.75, 3.05) is 19.5 Å². The summed E-state index contributed by atoms with van der Waals surface area (Å²) in [5, 5.41) is 0. The molecule has 0 radical (unpaired) electrons. The van der Waals surface area contributed by atoms with Crippen molar-refractivity contribution in [2.24, 2.45) is 0 Å². The molecule has 1 rings (SSSR count). The van der Waals surface area contributed by atoms with E-state index >= 15 is 0 Å². The lowest BCUT2D eigenvalue weighted by Crippen LogP contribution is -2.14. The molecule has 2 N–H and O–H groups in total. The Balaban J connectivity index is 2.67. The molecular weight excluding hydrogens is 262 g/mol. The van der Waals surface area contributed by atoms with Crippen molar-refractivity contribution in [3.8, 4) is 5.75 Å². The molecule has 1 aromatic rings. The van der Waals surface area contributed by atoms with E-state index in [4.69, 9.17) is 15.2 Å². The fraction of sp³-hybridized carbons (Fsp3) is 0.429. The summed E-state index contributed by atoms with van der Waals surface area (Å²) >= 11 is 0. The molecule has 0 aliphatic carbocycles. The van der Waals surface area contributed by atoms with E-state index in [1.54, 1.807) is 0 Å². The Labute approximate surface area is 117 Å². The number of ether oxygens (including phenoxy) is 3. The maximum Gasteiger partial charge on any atom is 0.513 e.